The highest BCUT2D eigenvalue weighted by Gasteiger charge is 2.12. The number of halogens is 2. The second-order valence-electron chi connectivity index (χ2n) is 4.62. The Hall–Kier alpha value is -1.03. The second kappa shape index (κ2) is 5.95. The van der Waals surface area contributed by atoms with Crippen LogP contribution < -0.4 is 5.32 Å². The quantitative estimate of drug-likeness (QED) is 0.928. The van der Waals surface area contributed by atoms with Crippen LogP contribution in [0.25, 0.3) is 0 Å². The van der Waals surface area contributed by atoms with E-state index in [4.69, 9.17) is 23.2 Å². The first kappa shape index (κ1) is 14.4. The molecule has 19 heavy (non-hydrogen) atoms. The maximum absolute atomic E-state index is 6.22. The number of aryl methyl sites for hydroxylation is 2. The molecule has 0 bridgehead atoms. The summed E-state index contributed by atoms with van der Waals surface area (Å²) in [7, 11) is 1.91. The third-order valence-corrected chi connectivity index (χ3v) is 3.95. The van der Waals surface area contributed by atoms with Gasteiger partial charge < -0.3 is 5.32 Å². The van der Waals surface area contributed by atoms with Gasteiger partial charge in [0.1, 0.15) is 0 Å². The zero-order valence-electron chi connectivity index (χ0n) is 11.2. The molecule has 2 rings (SSSR count). The van der Waals surface area contributed by atoms with Gasteiger partial charge in [-0.15, -0.1) is 0 Å². The van der Waals surface area contributed by atoms with Gasteiger partial charge in [-0.25, -0.2) is 0 Å². The van der Waals surface area contributed by atoms with Crippen LogP contribution in [0.1, 0.15) is 29.9 Å². The Morgan fingerprint density at radius 1 is 1.26 bits per heavy atom. The average Bonchev–Trinajstić information content (AvgIpc) is 2.62. The van der Waals surface area contributed by atoms with E-state index >= 15 is 0 Å². The molecule has 0 radical (unpaired) electrons. The van der Waals surface area contributed by atoms with Crippen molar-refractivity contribution in [3.8, 4) is 0 Å². The van der Waals surface area contributed by atoms with E-state index in [1.54, 1.807) is 0 Å². The number of benzene rings is 1. The van der Waals surface area contributed by atoms with Crippen LogP contribution in [0.15, 0.2) is 24.3 Å². The minimum atomic E-state index is 0.225. The van der Waals surface area contributed by atoms with E-state index in [1.807, 2.05) is 42.9 Å². The van der Waals surface area contributed by atoms with Crippen molar-refractivity contribution in [2.45, 2.75) is 26.4 Å². The number of nitrogens with one attached hydrogen (secondary N) is 1. The summed E-state index contributed by atoms with van der Waals surface area (Å²) in [4.78, 5) is 0. The summed E-state index contributed by atoms with van der Waals surface area (Å²) in [5.74, 6) is 0. The molecule has 1 N–H and O–H groups in total. The van der Waals surface area contributed by atoms with Crippen molar-refractivity contribution in [1.29, 1.82) is 0 Å². The van der Waals surface area contributed by atoms with Crippen LogP contribution in [0, 0.1) is 6.92 Å². The highest BCUT2D eigenvalue weighted by molar-refractivity contribution is 6.31. The Kier molecular flexibility index (Phi) is 4.50. The lowest BCUT2D eigenvalue weighted by atomic mass is 10.1. The largest absolute Gasteiger partial charge is 0.305 e. The minimum absolute atomic E-state index is 0.225. The fourth-order valence-electron chi connectivity index (χ4n) is 1.99. The molecule has 1 atom stereocenters. The smallest absolute Gasteiger partial charge is 0.0860 e. The number of hydrogen-bond donors (Lipinski definition) is 1. The number of aromatic nitrogens is 2. The molecule has 1 aromatic heterocycles. The van der Waals surface area contributed by atoms with Crippen molar-refractivity contribution in [2.24, 2.45) is 7.05 Å². The normalized spacial score (nSPS) is 12.7. The molecule has 3 nitrogen and oxygen atoms in total. The van der Waals surface area contributed by atoms with Gasteiger partial charge >= 0.3 is 0 Å². The summed E-state index contributed by atoms with van der Waals surface area (Å²) >= 11 is 12.1. The van der Waals surface area contributed by atoms with Gasteiger partial charge in [0.05, 0.1) is 16.4 Å². The molecule has 0 spiro atoms. The van der Waals surface area contributed by atoms with Gasteiger partial charge in [0.15, 0.2) is 0 Å². The van der Waals surface area contributed by atoms with Crippen LogP contribution in [-0.2, 0) is 13.6 Å². The van der Waals surface area contributed by atoms with E-state index in [2.05, 4.69) is 17.3 Å². The fraction of sp³-hybridized carbons (Fsp3) is 0.357. The molecule has 0 saturated carbocycles. The summed E-state index contributed by atoms with van der Waals surface area (Å²) in [6.07, 6.45) is 0. The molecule has 1 aromatic carbocycles. The van der Waals surface area contributed by atoms with Gasteiger partial charge in [-0.2, -0.15) is 5.10 Å². The summed E-state index contributed by atoms with van der Waals surface area (Å²) in [6, 6.07) is 8.07. The van der Waals surface area contributed by atoms with Crippen LogP contribution in [0.3, 0.4) is 0 Å². The van der Waals surface area contributed by atoms with Crippen molar-refractivity contribution < 1.29 is 0 Å². The first-order valence-corrected chi connectivity index (χ1v) is 6.91. The molecule has 5 heteroatoms. The van der Waals surface area contributed by atoms with E-state index in [-0.39, 0.29) is 6.04 Å². The van der Waals surface area contributed by atoms with Gasteiger partial charge in [0, 0.05) is 24.7 Å². The Bertz CT molecular complexity index is 561. The zero-order chi connectivity index (χ0) is 14.0. The van der Waals surface area contributed by atoms with Gasteiger partial charge in [-0.05, 0) is 31.5 Å². The van der Waals surface area contributed by atoms with E-state index < -0.39 is 0 Å². The molecular formula is C14H17Cl2N3. The molecule has 1 heterocycles. The summed E-state index contributed by atoms with van der Waals surface area (Å²) < 4.78 is 1.82. The number of hydrogen-bond acceptors (Lipinski definition) is 2. The summed E-state index contributed by atoms with van der Waals surface area (Å²) in [6.45, 7) is 4.70. The molecule has 102 valence electrons. The standard InChI is InChI=1S/C14H17Cl2N3/c1-9(11-4-6-12(15)7-5-11)17-8-13-14(16)10(2)18-19(13)3/h4-7,9,17H,8H2,1-3H3/t9-/m1/s1. The lowest BCUT2D eigenvalue weighted by molar-refractivity contribution is 0.548. The maximum atomic E-state index is 6.22. The van der Waals surface area contributed by atoms with Crippen LogP contribution >= 0.6 is 23.2 Å². The molecule has 0 saturated heterocycles. The Labute approximate surface area is 123 Å². The third-order valence-electron chi connectivity index (χ3n) is 3.21. The van der Waals surface area contributed by atoms with Crippen LogP contribution in [0.4, 0.5) is 0 Å². The highest BCUT2D eigenvalue weighted by atomic mass is 35.5. The predicted molar refractivity (Wildman–Crippen MR) is 79.7 cm³/mol. The Balaban J connectivity index is 2.04. The monoisotopic (exact) mass is 297 g/mol. The van der Waals surface area contributed by atoms with Crippen molar-refractivity contribution in [1.82, 2.24) is 15.1 Å². The molecule has 0 aliphatic rings. The lowest BCUT2D eigenvalue weighted by Gasteiger charge is -2.14. The van der Waals surface area contributed by atoms with Crippen molar-refractivity contribution in [2.75, 3.05) is 0 Å². The number of rotatable bonds is 4. The van der Waals surface area contributed by atoms with Crippen molar-refractivity contribution >= 4 is 23.2 Å². The van der Waals surface area contributed by atoms with E-state index in [0.29, 0.717) is 6.54 Å². The molecule has 0 aliphatic heterocycles. The average molecular weight is 298 g/mol. The van der Waals surface area contributed by atoms with E-state index in [9.17, 15) is 0 Å². The van der Waals surface area contributed by atoms with Crippen LogP contribution in [0.2, 0.25) is 10.0 Å². The fourth-order valence-corrected chi connectivity index (χ4v) is 2.34. The lowest BCUT2D eigenvalue weighted by Crippen LogP contribution is -2.20. The highest BCUT2D eigenvalue weighted by Crippen LogP contribution is 2.21. The molecule has 0 unspecified atom stereocenters. The van der Waals surface area contributed by atoms with E-state index in [0.717, 1.165) is 21.4 Å². The van der Waals surface area contributed by atoms with Gasteiger partial charge in [-0.1, -0.05) is 35.3 Å². The molecular weight excluding hydrogens is 281 g/mol. The van der Waals surface area contributed by atoms with Crippen molar-refractivity contribution in [3.63, 3.8) is 0 Å². The second-order valence-corrected chi connectivity index (χ2v) is 5.44. The summed E-state index contributed by atoms with van der Waals surface area (Å²) in [5.41, 5.74) is 3.06. The topological polar surface area (TPSA) is 29.9 Å². The van der Waals surface area contributed by atoms with Gasteiger partial charge in [0.25, 0.3) is 0 Å². The predicted octanol–water partition coefficient (Wildman–Crippen LogP) is 3.89. The number of nitrogens with zero attached hydrogens (tertiary/aromatic N) is 2. The molecule has 0 amide bonds. The maximum Gasteiger partial charge on any atom is 0.0860 e. The molecule has 0 aliphatic carbocycles. The van der Waals surface area contributed by atoms with Gasteiger partial charge in [0.2, 0.25) is 0 Å². The van der Waals surface area contributed by atoms with Crippen LogP contribution in [0.5, 0.6) is 0 Å². The Morgan fingerprint density at radius 2 is 1.89 bits per heavy atom. The Morgan fingerprint density at radius 3 is 2.42 bits per heavy atom. The first-order valence-electron chi connectivity index (χ1n) is 6.16. The SMILES string of the molecule is Cc1nn(C)c(CN[C@H](C)c2ccc(Cl)cc2)c1Cl. The molecule has 2 aromatic rings. The van der Waals surface area contributed by atoms with E-state index in [1.165, 1.54) is 5.56 Å². The minimum Gasteiger partial charge on any atom is -0.305 e. The summed E-state index contributed by atoms with van der Waals surface area (Å²) in [5, 5.41) is 9.23. The van der Waals surface area contributed by atoms with Crippen LogP contribution in [-0.4, -0.2) is 9.78 Å². The van der Waals surface area contributed by atoms with Gasteiger partial charge in [-0.3, -0.25) is 4.68 Å². The third kappa shape index (κ3) is 3.30. The molecule has 0 fully saturated rings. The van der Waals surface area contributed by atoms with Crippen molar-refractivity contribution in [3.05, 3.63) is 51.3 Å². The first-order chi connectivity index (χ1) is 8.99. The zero-order valence-corrected chi connectivity index (χ0v) is 12.8.